The average molecular weight is 172 g/mol. The van der Waals surface area contributed by atoms with Gasteiger partial charge in [-0.25, -0.2) is 4.79 Å². The molecule has 0 saturated carbocycles. The molecule has 1 atom stereocenters. The lowest BCUT2D eigenvalue weighted by atomic mass is 9.87. The molecule has 12 heavy (non-hydrogen) atoms. The van der Waals surface area contributed by atoms with Crippen LogP contribution in [0.4, 0.5) is 4.79 Å². The van der Waals surface area contributed by atoms with Crippen LogP contribution in [0.25, 0.3) is 0 Å². The van der Waals surface area contributed by atoms with Gasteiger partial charge in [-0.1, -0.05) is 20.8 Å². The molecule has 0 heterocycles. The number of hydrogen-bond acceptors (Lipinski definition) is 1. The largest absolute Gasteiger partial charge is 0.341 e. The lowest BCUT2D eigenvalue weighted by Gasteiger charge is -2.34. The van der Waals surface area contributed by atoms with E-state index in [1.807, 2.05) is 7.05 Å². The summed E-state index contributed by atoms with van der Waals surface area (Å²) in [6.45, 7) is 8.42. The molecular weight excluding hydrogens is 152 g/mol. The van der Waals surface area contributed by atoms with Gasteiger partial charge in [0.05, 0.1) is 0 Å². The summed E-state index contributed by atoms with van der Waals surface area (Å²) in [7, 11) is 3.46. The number of amides is 2. The van der Waals surface area contributed by atoms with E-state index in [-0.39, 0.29) is 17.5 Å². The van der Waals surface area contributed by atoms with Crippen molar-refractivity contribution in [3.05, 3.63) is 0 Å². The van der Waals surface area contributed by atoms with Gasteiger partial charge in [0.1, 0.15) is 0 Å². The summed E-state index contributed by atoms with van der Waals surface area (Å²) in [5.41, 5.74) is 0.126. The molecule has 3 nitrogen and oxygen atoms in total. The number of hydrogen-bond donors (Lipinski definition) is 1. The summed E-state index contributed by atoms with van der Waals surface area (Å²) in [5, 5.41) is 2.60. The van der Waals surface area contributed by atoms with E-state index in [2.05, 4.69) is 33.0 Å². The SMILES string of the molecule is CNC(=O)N(C)C(C)C(C)(C)C. The molecule has 0 aliphatic carbocycles. The smallest absolute Gasteiger partial charge is 0.317 e. The standard InChI is InChI=1S/C9H20N2O/c1-7(9(2,3)4)11(6)8(12)10-5/h7H,1-6H3,(H,10,12). The summed E-state index contributed by atoms with van der Waals surface area (Å²) >= 11 is 0. The number of nitrogens with zero attached hydrogens (tertiary/aromatic N) is 1. The Morgan fingerprint density at radius 2 is 1.83 bits per heavy atom. The van der Waals surface area contributed by atoms with Gasteiger partial charge in [-0.15, -0.1) is 0 Å². The van der Waals surface area contributed by atoms with Gasteiger partial charge in [0.15, 0.2) is 0 Å². The molecule has 0 fully saturated rings. The van der Waals surface area contributed by atoms with Crippen LogP contribution in [-0.2, 0) is 0 Å². The molecule has 3 heteroatoms. The molecule has 0 aromatic rings. The molecule has 0 rings (SSSR count). The van der Waals surface area contributed by atoms with Crippen molar-refractivity contribution in [1.82, 2.24) is 10.2 Å². The van der Waals surface area contributed by atoms with E-state index < -0.39 is 0 Å². The molecule has 72 valence electrons. The van der Waals surface area contributed by atoms with E-state index >= 15 is 0 Å². The number of nitrogens with one attached hydrogen (secondary N) is 1. The first-order chi connectivity index (χ1) is 5.30. The van der Waals surface area contributed by atoms with Crippen molar-refractivity contribution in [1.29, 1.82) is 0 Å². The first kappa shape index (κ1) is 11.3. The Kier molecular flexibility index (Phi) is 3.55. The van der Waals surface area contributed by atoms with Crippen LogP contribution in [0.1, 0.15) is 27.7 Å². The molecule has 0 aliphatic rings. The second-order valence-electron chi connectivity index (χ2n) is 4.21. The van der Waals surface area contributed by atoms with Crippen LogP contribution in [0.3, 0.4) is 0 Å². The third-order valence-electron chi connectivity index (χ3n) is 2.37. The molecular formula is C9H20N2O. The van der Waals surface area contributed by atoms with Gasteiger partial charge in [-0.2, -0.15) is 0 Å². The zero-order valence-corrected chi connectivity index (χ0v) is 8.93. The lowest BCUT2D eigenvalue weighted by molar-refractivity contribution is 0.147. The van der Waals surface area contributed by atoms with Crippen LogP contribution in [0, 0.1) is 5.41 Å². The Morgan fingerprint density at radius 3 is 2.08 bits per heavy atom. The van der Waals surface area contributed by atoms with Gasteiger partial charge in [-0.3, -0.25) is 0 Å². The molecule has 0 spiro atoms. The van der Waals surface area contributed by atoms with Gasteiger partial charge in [0.25, 0.3) is 0 Å². The van der Waals surface area contributed by atoms with Crippen molar-refractivity contribution in [2.75, 3.05) is 14.1 Å². The minimum absolute atomic E-state index is 0.0302. The Balaban J connectivity index is 4.29. The maximum Gasteiger partial charge on any atom is 0.317 e. The highest BCUT2D eigenvalue weighted by Crippen LogP contribution is 2.22. The molecule has 0 aromatic carbocycles. The van der Waals surface area contributed by atoms with Crippen molar-refractivity contribution in [2.24, 2.45) is 5.41 Å². The van der Waals surface area contributed by atoms with Gasteiger partial charge in [0, 0.05) is 20.1 Å². The maximum atomic E-state index is 11.2. The van der Waals surface area contributed by atoms with Crippen molar-refractivity contribution >= 4 is 6.03 Å². The van der Waals surface area contributed by atoms with Crippen LogP contribution >= 0.6 is 0 Å². The fourth-order valence-electron chi connectivity index (χ4n) is 0.933. The van der Waals surface area contributed by atoms with Crippen molar-refractivity contribution in [3.63, 3.8) is 0 Å². The predicted octanol–water partition coefficient (Wildman–Crippen LogP) is 1.69. The zero-order chi connectivity index (χ0) is 9.94. The first-order valence-electron chi connectivity index (χ1n) is 4.25. The quantitative estimate of drug-likeness (QED) is 0.641. The van der Waals surface area contributed by atoms with Crippen molar-refractivity contribution < 1.29 is 4.79 Å². The molecule has 0 aromatic heterocycles. The number of carbonyl (C=O) groups is 1. The second kappa shape index (κ2) is 3.78. The Hall–Kier alpha value is -0.730. The van der Waals surface area contributed by atoms with Crippen LogP contribution < -0.4 is 5.32 Å². The highest BCUT2D eigenvalue weighted by atomic mass is 16.2. The minimum atomic E-state index is -0.0302. The lowest BCUT2D eigenvalue weighted by Crippen LogP contribution is -2.46. The third-order valence-corrected chi connectivity index (χ3v) is 2.37. The molecule has 0 bridgehead atoms. The fourth-order valence-corrected chi connectivity index (χ4v) is 0.933. The predicted molar refractivity (Wildman–Crippen MR) is 51.1 cm³/mol. The zero-order valence-electron chi connectivity index (χ0n) is 8.93. The summed E-state index contributed by atoms with van der Waals surface area (Å²) in [6, 6.07) is 0.204. The Labute approximate surface area is 75.1 Å². The molecule has 0 radical (unpaired) electrons. The highest BCUT2D eigenvalue weighted by molar-refractivity contribution is 5.73. The minimum Gasteiger partial charge on any atom is -0.341 e. The molecule has 2 amide bonds. The van der Waals surface area contributed by atoms with Gasteiger partial charge in [0.2, 0.25) is 0 Å². The van der Waals surface area contributed by atoms with Crippen LogP contribution in [0.5, 0.6) is 0 Å². The fraction of sp³-hybridized carbons (Fsp3) is 0.889. The van der Waals surface area contributed by atoms with Crippen molar-refractivity contribution in [2.45, 2.75) is 33.7 Å². The first-order valence-corrected chi connectivity index (χ1v) is 4.25. The molecule has 1 unspecified atom stereocenters. The normalized spacial score (nSPS) is 13.8. The molecule has 0 aliphatic heterocycles. The van der Waals surface area contributed by atoms with Crippen molar-refractivity contribution in [3.8, 4) is 0 Å². The summed E-state index contributed by atoms with van der Waals surface area (Å²) < 4.78 is 0. The Bertz CT molecular complexity index is 160. The third kappa shape index (κ3) is 2.72. The van der Waals surface area contributed by atoms with Crippen LogP contribution in [-0.4, -0.2) is 31.1 Å². The van der Waals surface area contributed by atoms with E-state index in [1.165, 1.54) is 0 Å². The second-order valence-corrected chi connectivity index (χ2v) is 4.21. The summed E-state index contributed by atoms with van der Waals surface area (Å²) in [4.78, 5) is 12.9. The van der Waals surface area contributed by atoms with E-state index in [0.29, 0.717) is 0 Å². The van der Waals surface area contributed by atoms with E-state index in [9.17, 15) is 4.79 Å². The van der Waals surface area contributed by atoms with Gasteiger partial charge < -0.3 is 10.2 Å². The van der Waals surface area contributed by atoms with E-state index in [4.69, 9.17) is 0 Å². The average Bonchev–Trinajstić information content (AvgIpc) is 1.98. The monoisotopic (exact) mass is 172 g/mol. The molecule has 1 N–H and O–H groups in total. The highest BCUT2D eigenvalue weighted by Gasteiger charge is 2.26. The molecule has 0 saturated heterocycles. The Morgan fingerprint density at radius 1 is 1.42 bits per heavy atom. The summed E-state index contributed by atoms with van der Waals surface area (Å²) in [5.74, 6) is 0. The topological polar surface area (TPSA) is 32.3 Å². The maximum absolute atomic E-state index is 11.2. The van der Waals surface area contributed by atoms with Gasteiger partial charge >= 0.3 is 6.03 Å². The van der Waals surface area contributed by atoms with Gasteiger partial charge in [-0.05, 0) is 12.3 Å². The van der Waals surface area contributed by atoms with E-state index in [0.717, 1.165) is 0 Å². The van der Waals surface area contributed by atoms with Crippen LogP contribution in [0.15, 0.2) is 0 Å². The number of rotatable bonds is 1. The number of urea groups is 1. The number of carbonyl (C=O) groups excluding carboxylic acids is 1. The van der Waals surface area contributed by atoms with E-state index in [1.54, 1.807) is 11.9 Å². The summed E-state index contributed by atoms with van der Waals surface area (Å²) in [6.07, 6.45) is 0. The van der Waals surface area contributed by atoms with Crippen LogP contribution in [0.2, 0.25) is 0 Å².